The Balaban J connectivity index is 1.78. The molecule has 2 saturated carbocycles. The SMILES string of the molecule is COC(=O)[C@@H]1C[C@H](OC(C)=O)C(=O)[C@H]2[C@@]1(C)CC[C@H]1C(=O)OC(C3=CC(=O)C(OC)=CC3=O)C[C@]21C. The molecule has 0 aromatic carbocycles. The highest BCUT2D eigenvalue weighted by atomic mass is 16.6. The smallest absolute Gasteiger partial charge is 0.310 e. The first-order chi connectivity index (χ1) is 16.9. The number of hydrogen-bond donors (Lipinski definition) is 0. The monoisotopic (exact) mass is 502 g/mol. The molecule has 4 rings (SSSR count). The first-order valence-electron chi connectivity index (χ1n) is 11.9. The van der Waals surface area contributed by atoms with E-state index in [-0.39, 0.29) is 30.0 Å². The standard InChI is InChI=1S/C26H30O10/c1-12(27)35-19-9-15(23(31)34-5)25(2)7-6-14-24(32)36-20(11-26(14,3)22(25)21(19)30)13-8-17(29)18(33-4)10-16(13)28/h8,10,14-15,19-20,22H,6-7,9,11H2,1-5H3/t14-,15-,19-,20?,22-,25-,26-/m0/s1. The van der Waals surface area contributed by atoms with Crippen molar-refractivity contribution in [2.75, 3.05) is 14.2 Å². The Labute approximate surface area is 208 Å². The van der Waals surface area contributed by atoms with Gasteiger partial charge in [0, 0.05) is 37.0 Å². The molecule has 0 N–H and O–H groups in total. The second-order valence-electron chi connectivity index (χ2n) is 10.5. The number of ketones is 3. The minimum atomic E-state index is -1.17. The van der Waals surface area contributed by atoms with Gasteiger partial charge in [0.1, 0.15) is 6.10 Å². The summed E-state index contributed by atoms with van der Waals surface area (Å²) in [5.74, 6) is -5.56. The quantitative estimate of drug-likeness (QED) is 0.317. The Hall–Kier alpha value is -3.30. The predicted octanol–water partition coefficient (Wildman–Crippen LogP) is 1.64. The van der Waals surface area contributed by atoms with Crippen LogP contribution in [0.1, 0.15) is 46.5 Å². The number of Topliss-reactive ketones (excluding diaryl/α,β-unsaturated/α-hetero) is 1. The molecule has 0 bridgehead atoms. The molecule has 4 aliphatic rings. The molecule has 0 aromatic heterocycles. The number of fused-ring (bicyclic) bond motifs is 3. The number of allylic oxidation sites excluding steroid dienone is 2. The number of cyclic esters (lactones) is 1. The first kappa shape index (κ1) is 25.8. The van der Waals surface area contributed by atoms with E-state index >= 15 is 0 Å². The Kier molecular flexibility index (Phi) is 6.43. The molecule has 1 saturated heterocycles. The van der Waals surface area contributed by atoms with Gasteiger partial charge in [-0.2, -0.15) is 0 Å². The summed E-state index contributed by atoms with van der Waals surface area (Å²) in [6.07, 6.45) is 0.760. The minimum absolute atomic E-state index is 0.00453. The second kappa shape index (κ2) is 8.97. The van der Waals surface area contributed by atoms with Crippen LogP contribution in [0.15, 0.2) is 23.5 Å². The van der Waals surface area contributed by atoms with Crippen molar-refractivity contribution in [2.45, 2.75) is 58.7 Å². The molecule has 0 aromatic rings. The molecule has 1 aliphatic heterocycles. The van der Waals surface area contributed by atoms with Crippen LogP contribution in [0.3, 0.4) is 0 Å². The topological polar surface area (TPSA) is 139 Å². The third kappa shape index (κ3) is 3.87. The highest BCUT2D eigenvalue weighted by Gasteiger charge is 2.68. The molecule has 3 aliphatic carbocycles. The summed E-state index contributed by atoms with van der Waals surface area (Å²) >= 11 is 0. The van der Waals surface area contributed by atoms with E-state index in [0.717, 1.165) is 12.2 Å². The Morgan fingerprint density at radius 3 is 2.33 bits per heavy atom. The Bertz CT molecular complexity index is 1120. The van der Waals surface area contributed by atoms with Crippen molar-refractivity contribution < 1.29 is 47.7 Å². The lowest BCUT2D eigenvalue weighted by Gasteiger charge is -2.61. The van der Waals surface area contributed by atoms with E-state index in [1.54, 1.807) is 6.92 Å². The fraction of sp³-hybridized carbons (Fsp3) is 0.615. The molecule has 1 unspecified atom stereocenters. The van der Waals surface area contributed by atoms with Crippen LogP contribution < -0.4 is 0 Å². The summed E-state index contributed by atoms with van der Waals surface area (Å²) in [6, 6.07) is 0. The molecule has 1 heterocycles. The lowest BCUT2D eigenvalue weighted by atomic mass is 9.43. The van der Waals surface area contributed by atoms with Crippen molar-refractivity contribution in [3.8, 4) is 0 Å². The summed E-state index contributed by atoms with van der Waals surface area (Å²) < 4.78 is 21.0. The molecule has 7 atom stereocenters. The summed E-state index contributed by atoms with van der Waals surface area (Å²) in [5, 5.41) is 0. The van der Waals surface area contributed by atoms with Crippen molar-refractivity contribution in [2.24, 2.45) is 28.6 Å². The zero-order chi connectivity index (χ0) is 26.6. The number of carbonyl (C=O) groups is 6. The molecule has 0 spiro atoms. The molecule has 10 nitrogen and oxygen atoms in total. The van der Waals surface area contributed by atoms with Crippen LogP contribution in [0.4, 0.5) is 0 Å². The first-order valence-corrected chi connectivity index (χ1v) is 11.9. The number of carbonyl (C=O) groups excluding carboxylic acids is 6. The van der Waals surface area contributed by atoms with Crippen LogP contribution >= 0.6 is 0 Å². The third-order valence-corrected chi connectivity index (χ3v) is 8.54. The zero-order valence-corrected chi connectivity index (χ0v) is 21.0. The fourth-order valence-corrected chi connectivity index (χ4v) is 6.96. The number of rotatable bonds is 4. The number of ether oxygens (including phenoxy) is 4. The van der Waals surface area contributed by atoms with Gasteiger partial charge in [0.25, 0.3) is 0 Å². The minimum Gasteiger partial charge on any atom is -0.493 e. The lowest BCUT2D eigenvalue weighted by molar-refractivity contribution is -0.207. The van der Waals surface area contributed by atoms with Crippen LogP contribution in [-0.4, -0.2) is 61.7 Å². The van der Waals surface area contributed by atoms with Crippen molar-refractivity contribution in [1.29, 1.82) is 0 Å². The molecule has 0 radical (unpaired) electrons. The second-order valence-corrected chi connectivity index (χ2v) is 10.5. The van der Waals surface area contributed by atoms with E-state index in [2.05, 4.69) is 0 Å². The van der Waals surface area contributed by atoms with Gasteiger partial charge in [-0.15, -0.1) is 0 Å². The van der Waals surface area contributed by atoms with Gasteiger partial charge in [0.05, 0.1) is 26.1 Å². The summed E-state index contributed by atoms with van der Waals surface area (Å²) in [4.78, 5) is 76.9. The summed E-state index contributed by atoms with van der Waals surface area (Å²) in [5.41, 5.74) is -1.91. The number of methoxy groups -OCH3 is 2. The highest BCUT2D eigenvalue weighted by molar-refractivity contribution is 6.19. The average molecular weight is 503 g/mol. The van der Waals surface area contributed by atoms with E-state index in [9.17, 15) is 28.8 Å². The Morgan fingerprint density at radius 2 is 1.72 bits per heavy atom. The van der Waals surface area contributed by atoms with Crippen LogP contribution in [-0.2, 0) is 47.7 Å². The molecule has 10 heteroatoms. The van der Waals surface area contributed by atoms with Gasteiger partial charge in [0.2, 0.25) is 5.78 Å². The number of esters is 3. The van der Waals surface area contributed by atoms with E-state index in [1.807, 2.05) is 6.92 Å². The van der Waals surface area contributed by atoms with Gasteiger partial charge in [-0.1, -0.05) is 13.8 Å². The largest absolute Gasteiger partial charge is 0.493 e. The molecule has 3 fully saturated rings. The van der Waals surface area contributed by atoms with E-state index in [1.165, 1.54) is 21.1 Å². The van der Waals surface area contributed by atoms with Gasteiger partial charge in [-0.05, 0) is 30.1 Å². The molecule has 0 amide bonds. The van der Waals surface area contributed by atoms with E-state index < -0.39 is 70.3 Å². The maximum absolute atomic E-state index is 13.9. The normalized spacial score (nSPS) is 38.1. The average Bonchev–Trinajstić information content (AvgIpc) is 2.80. The number of hydrogen-bond acceptors (Lipinski definition) is 10. The maximum atomic E-state index is 13.9. The van der Waals surface area contributed by atoms with Crippen molar-refractivity contribution in [3.05, 3.63) is 23.5 Å². The van der Waals surface area contributed by atoms with Crippen molar-refractivity contribution in [1.82, 2.24) is 0 Å². The fourth-order valence-electron chi connectivity index (χ4n) is 6.96. The van der Waals surface area contributed by atoms with Crippen LogP contribution in [0.2, 0.25) is 0 Å². The van der Waals surface area contributed by atoms with Gasteiger partial charge in [-0.3, -0.25) is 28.8 Å². The highest BCUT2D eigenvalue weighted by Crippen LogP contribution is 2.64. The van der Waals surface area contributed by atoms with Crippen molar-refractivity contribution >= 4 is 35.3 Å². The molecular weight excluding hydrogens is 472 g/mol. The van der Waals surface area contributed by atoms with Crippen LogP contribution in [0.5, 0.6) is 0 Å². The summed E-state index contributed by atoms with van der Waals surface area (Å²) in [6.45, 7) is 4.80. The lowest BCUT2D eigenvalue weighted by Crippen LogP contribution is -2.65. The van der Waals surface area contributed by atoms with Gasteiger partial charge in [-0.25, -0.2) is 0 Å². The zero-order valence-electron chi connectivity index (χ0n) is 21.0. The van der Waals surface area contributed by atoms with E-state index in [0.29, 0.717) is 12.8 Å². The van der Waals surface area contributed by atoms with Crippen LogP contribution in [0, 0.1) is 28.6 Å². The third-order valence-electron chi connectivity index (χ3n) is 8.54. The maximum Gasteiger partial charge on any atom is 0.310 e. The van der Waals surface area contributed by atoms with Crippen LogP contribution in [0.25, 0.3) is 0 Å². The summed E-state index contributed by atoms with van der Waals surface area (Å²) in [7, 11) is 2.54. The molecule has 194 valence electrons. The van der Waals surface area contributed by atoms with Gasteiger partial charge in [0.15, 0.2) is 23.4 Å². The predicted molar refractivity (Wildman–Crippen MR) is 121 cm³/mol. The molecular formula is C26H30O10. The van der Waals surface area contributed by atoms with Crippen molar-refractivity contribution in [3.63, 3.8) is 0 Å². The Morgan fingerprint density at radius 1 is 1.03 bits per heavy atom. The van der Waals surface area contributed by atoms with Gasteiger partial charge < -0.3 is 18.9 Å². The van der Waals surface area contributed by atoms with E-state index in [4.69, 9.17) is 18.9 Å². The van der Waals surface area contributed by atoms with Gasteiger partial charge >= 0.3 is 17.9 Å². The molecule has 36 heavy (non-hydrogen) atoms.